The van der Waals surface area contributed by atoms with E-state index in [1.165, 1.54) is 24.2 Å². The number of halogens is 1. The monoisotopic (exact) mass is 374 g/mol. The van der Waals surface area contributed by atoms with Gasteiger partial charge < -0.3 is 14.7 Å². The molecule has 1 N–H and O–H groups in total. The maximum atomic E-state index is 14.3. The second-order valence-electron chi connectivity index (χ2n) is 5.91. The minimum absolute atomic E-state index is 0.0449. The lowest BCUT2D eigenvalue weighted by Gasteiger charge is -2.29. The Morgan fingerprint density at radius 2 is 2.27 bits per heavy atom. The molecule has 0 radical (unpaired) electrons. The predicted molar refractivity (Wildman–Crippen MR) is 91.8 cm³/mol. The zero-order valence-electron chi connectivity index (χ0n) is 14.1. The number of thiophene rings is 1. The summed E-state index contributed by atoms with van der Waals surface area (Å²) in [7, 11) is 1.34. The van der Waals surface area contributed by atoms with Crippen LogP contribution in [0, 0.1) is 11.3 Å². The molecule has 0 spiro atoms. The van der Waals surface area contributed by atoms with Crippen molar-refractivity contribution < 1.29 is 23.8 Å². The number of aliphatic carboxylic acids is 1. The molecule has 1 aliphatic carbocycles. The third-order valence-corrected chi connectivity index (χ3v) is 5.30. The smallest absolute Gasteiger partial charge is 0.307 e. The molecule has 8 heteroatoms. The summed E-state index contributed by atoms with van der Waals surface area (Å²) >= 11 is 1.15. The van der Waals surface area contributed by atoms with E-state index in [1.807, 2.05) is 6.07 Å². The Labute approximate surface area is 153 Å². The fourth-order valence-electron chi connectivity index (χ4n) is 3.29. The van der Waals surface area contributed by atoms with E-state index in [4.69, 9.17) is 10.00 Å². The molecule has 0 aromatic carbocycles. The van der Waals surface area contributed by atoms with Gasteiger partial charge in [-0.2, -0.15) is 5.26 Å². The number of carboxylic acids is 1. The van der Waals surface area contributed by atoms with E-state index in [1.54, 1.807) is 12.3 Å². The Bertz CT molecular complexity index is 935. The highest BCUT2D eigenvalue weighted by Crippen LogP contribution is 2.43. The van der Waals surface area contributed by atoms with Crippen LogP contribution in [0.1, 0.15) is 35.0 Å². The maximum absolute atomic E-state index is 14.3. The molecule has 6 nitrogen and oxygen atoms in total. The van der Waals surface area contributed by atoms with Crippen molar-refractivity contribution in [2.75, 3.05) is 7.11 Å². The Kier molecular flexibility index (Phi) is 4.66. The summed E-state index contributed by atoms with van der Waals surface area (Å²) in [6.45, 7) is 1.65. The number of nitriles is 1. The number of rotatable bonds is 4. The summed E-state index contributed by atoms with van der Waals surface area (Å²) in [5.74, 6) is -1.87. The topological polar surface area (TPSA) is 90.6 Å². The van der Waals surface area contributed by atoms with Crippen molar-refractivity contribution in [2.24, 2.45) is 0 Å². The molecular formula is C18H15FN2O4S. The number of amides is 1. The van der Waals surface area contributed by atoms with Crippen molar-refractivity contribution in [3.63, 3.8) is 0 Å². The van der Waals surface area contributed by atoms with Gasteiger partial charge in [-0.1, -0.05) is 0 Å². The Morgan fingerprint density at radius 1 is 1.54 bits per heavy atom. The molecule has 0 saturated carbocycles. The Morgan fingerprint density at radius 3 is 2.85 bits per heavy atom. The van der Waals surface area contributed by atoms with Crippen LogP contribution in [0.4, 0.5) is 4.39 Å². The van der Waals surface area contributed by atoms with Crippen LogP contribution in [0.25, 0.3) is 0 Å². The van der Waals surface area contributed by atoms with Gasteiger partial charge in [-0.3, -0.25) is 9.59 Å². The first-order valence-corrected chi connectivity index (χ1v) is 8.63. The number of allylic oxidation sites excluding steroid dienone is 2. The van der Waals surface area contributed by atoms with Gasteiger partial charge in [-0.25, -0.2) is 4.39 Å². The van der Waals surface area contributed by atoms with E-state index in [2.05, 4.69) is 0 Å². The first-order valence-electron chi connectivity index (χ1n) is 7.75. The van der Waals surface area contributed by atoms with Crippen molar-refractivity contribution in [1.82, 2.24) is 4.90 Å². The first kappa shape index (κ1) is 17.9. The number of carboxylic acid groups (broad SMARTS) is 1. The van der Waals surface area contributed by atoms with E-state index in [0.29, 0.717) is 27.3 Å². The number of hydrogen-bond acceptors (Lipinski definition) is 5. The lowest BCUT2D eigenvalue weighted by Crippen LogP contribution is -2.37. The van der Waals surface area contributed by atoms with Crippen LogP contribution in [0.2, 0.25) is 0 Å². The molecule has 0 saturated heterocycles. The van der Waals surface area contributed by atoms with Crippen molar-refractivity contribution in [3.8, 4) is 6.07 Å². The largest absolute Gasteiger partial charge is 0.494 e. The summed E-state index contributed by atoms with van der Waals surface area (Å²) in [5.41, 5.74) is 1.85. The average molecular weight is 374 g/mol. The van der Waals surface area contributed by atoms with Crippen molar-refractivity contribution >= 4 is 23.2 Å². The molecule has 0 bridgehead atoms. The van der Waals surface area contributed by atoms with Crippen molar-refractivity contribution in [2.45, 2.75) is 25.8 Å². The number of fused-ring (bicyclic) bond motifs is 1. The molecule has 1 aromatic rings. The number of methoxy groups -OCH3 is 1. The summed E-state index contributed by atoms with van der Waals surface area (Å²) in [4.78, 5) is 26.0. The Hall–Kier alpha value is -2.92. The predicted octanol–water partition coefficient (Wildman–Crippen LogP) is 3.35. The fourth-order valence-corrected chi connectivity index (χ4v) is 3.96. The van der Waals surface area contributed by atoms with Crippen LogP contribution in [-0.2, 0) is 9.53 Å². The van der Waals surface area contributed by atoms with Gasteiger partial charge in [0.05, 0.1) is 25.1 Å². The summed E-state index contributed by atoms with van der Waals surface area (Å²) < 4.78 is 19.3. The molecular weight excluding hydrogens is 359 g/mol. The van der Waals surface area contributed by atoms with E-state index in [0.717, 1.165) is 11.3 Å². The number of hydrogen-bond donors (Lipinski definition) is 1. The molecule has 1 aliphatic heterocycles. The summed E-state index contributed by atoms with van der Waals surface area (Å²) in [5, 5.41) is 19.7. The van der Waals surface area contributed by atoms with E-state index in [-0.39, 0.29) is 24.5 Å². The van der Waals surface area contributed by atoms with Gasteiger partial charge in [0.25, 0.3) is 5.91 Å². The van der Waals surface area contributed by atoms with Crippen LogP contribution in [0.3, 0.4) is 0 Å². The van der Waals surface area contributed by atoms with Crippen LogP contribution < -0.4 is 0 Å². The highest BCUT2D eigenvalue weighted by Gasteiger charge is 2.42. The first-order chi connectivity index (χ1) is 12.4. The van der Waals surface area contributed by atoms with E-state index < -0.39 is 17.8 Å². The molecule has 1 amide bonds. The molecule has 0 fully saturated rings. The Balaban J connectivity index is 2.06. The van der Waals surface area contributed by atoms with E-state index in [9.17, 15) is 19.1 Å². The fraction of sp³-hybridized carbons (Fsp3) is 0.278. The number of carbonyl (C=O) groups excluding carboxylic acids is 1. The van der Waals surface area contributed by atoms with Gasteiger partial charge >= 0.3 is 5.97 Å². The standard InChI is InChI=1S/C18H15FN2O4S/c1-9-12(5-17(22)23)13-4-16(25-2)14(19)6-15(13)21(9)18(24)10-3-11(7-20)26-8-10/h3-4,8,15H,5-6H2,1-2H3,(H,22,23). The molecule has 134 valence electrons. The number of carbonyl (C=O) groups is 2. The molecule has 1 aromatic heterocycles. The third kappa shape index (κ3) is 2.91. The van der Waals surface area contributed by atoms with Gasteiger partial charge in [-0.15, -0.1) is 11.3 Å². The molecule has 26 heavy (non-hydrogen) atoms. The molecule has 3 rings (SSSR count). The lowest BCUT2D eigenvalue weighted by atomic mass is 9.92. The van der Waals surface area contributed by atoms with Crippen LogP contribution in [-0.4, -0.2) is 35.0 Å². The van der Waals surface area contributed by atoms with Gasteiger partial charge in [0.1, 0.15) is 16.8 Å². The van der Waals surface area contributed by atoms with Gasteiger partial charge in [0.2, 0.25) is 0 Å². The summed E-state index contributed by atoms with van der Waals surface area (Å²) in [6, 6.07) is 2.84. The summed E-state index contributed by atoms with van der Waals surface area (Å²) in [6.07, 6.45) is 1.10. The second-order valence-corrected chi connectivity index (χ2v) is 6.83. The SMILES string of the molecule is COC1=C(F)CC2C(=C1)C(CC(=O)O)=C(C)N2C(=O)c1csc(C#N)c1. The maximum Gasteiger partial charge on any atom is 0.307 e. The average Bonchev–Trinajstić information content (AvgIpc) is 3.17. The lowest BCUT2D eigenvalue weighted by molar-refractivity contribution is -0.136. The zero-order valence-corrected chi connectivity index (χ0v) is 14.9. The molecule has 2 aliphatic rings. The van der Waals surface area contributed by atoms with Crippen molar-refractivity contribution in [1.29, 1.82) is 5.26 Å². The molecule has 1 atom stereocenters. The van der Waals surface area contributed by atoms with Crippen LogP contribution >= 0.6 is 11.3 Å². The zero-order chi connectivity index (χ0) is 19.0. The molecule has 1 unspecified atom stereocenters. The van der Waals surface area contributed by atoms with Gasteiger partial charge in [0.15, 0.2) is 5.76 Å². The second kappa shape index (κ2) is 6.77. The minimum atomic E-state index is -1.04. The third-order valence-electron chi connectivity index (χ3n) is 4.47. The quantitative estimate of drug-likeness (QED) is 0.873. The van der Waals surface area contributed by atoms with E-state index >= 15 is 0 Å². The highest BCUT2D eigenvalue weighted by atomic mass is 32.1. The van der Waals surface area contributed by atoms with Gasteiger partial charge in [0, 0.05) is 17.5 Å². The highest BCUT2D eigenvalue weighted by molar-refractivity contribution is 7.10. The van der Waals surface area contributed by atoms with Crippen molar-refractivity contribution in [3.05, 3.63) is 56.4 Å². The normalized spacial score (nSPS) is 19.2. The van der Waals surface area contributed by atoms with Crippen LogP contribution in [0.5, 0.6) is 0 Å². The number of ether oxygens (including phenoxy) is 1. The van der Waals surface area contributed by atoms with Gasteiger partial charge in [-0.05, 0) is 30.2 Å². The van der Waals surface area contributed by atoms with Crippen LogP contribution in [0.15, 0.2) is 46.0 Å². The number of nitrogens with zero attached hydrogens (tertiary/aromatic N) is 2. The molecule has 2 heterocycles. The minimum Gasteiger partial charge on any atom is -0.494 e.